The number of esters is 1. The zero-order valence-corrected chi connectivity index (χ0v) is 44.4. The normalized spacial score (nSPS) is 25.7. The summed E-state index contributed by atoms with van der Waals surface area (Å²) in [6, 6.07) is 0. The maximum Gasteiger partial charge on any atom is 0.306 e. The van der Waals surface area contributed by atoms with Gasteiger partial charge in [0.15, 0.2) is 12.6 Å². The summed E-state index contributed by atoms with van der Waals surface area (Å²) in [5.41, 5.74) is 0. The molecule has 2 heterocycles. The van der Waals surface area contributed by atoms with E-state index in [0.29, 0.717) is 13.0 Å². The summed E-state index contributed by atoms with van der Waals surface area (Å²) in [5.74, 6) is -0.392. The minimum Gasteiger partial charge on any atom is -0.457 e. The SMILES string of the molecule is CC/C=C\C/C=C\C/C=C\C/C=C\C/C=C\CCCCCCCCOCC(COC1OC(COC2OC(CO)C(O)C(O)C2O)C(O)C(O)C1O)OC(=O)CCCCCCC/C=C\CCCCCCCCC. The Labute approximate surface area is 434 Å². The van der Waals surface area contributed by atoms with Crippen molar-refractivity contribution in [1.29, 1.82) is 0 Å². The van der Waals surface area contributed by atoms with Gasteiger partial charge in [0.2, 0.25) is 0 Å². The van der Waals surface area contributed by atoms with Crippen LogP contribution in [0.5, 0.6) is 0 Å². The van der Waals surface area contributed by atoms with Crippen LogP contribution in [-0.4, -0.2) is 142 Å². The van der Waals surface area contributed by atoms with Gasteiger partial charge in [0.05, 0.1) is 26.4 Å². The molecule has 14 nitrogen and oxygen atoms in total. The molecule has 14 heteroatoms. The van der Waals surface area contributed by atoms with E-state index < -0.39 is 86.7 Å². The summed E-state index contributed by atoms with van der Waals surface area (Å²) in [4.78, 5) is 13.0. The first-order valence-corrected chi connectivity index (χ1v) is 28.0. The molecule has 416 valence electrons. The van der Waals surface area contributed by atoms with Gasteiger partial charge in [-0.15, -0.1) is 0 Å². The standard InChI is InChI=1S/C58H100O14/c1-3-5-7-9-11-13-15-17-19-21-22-23-24-25-26-28-30-32-34-36-38-40-42-67-44-47(70-50(60)41-39-37-35-33-31-29-27-20-18-16-14-12-10-8-6-4-2)45-68-57-56(66)54(64)52(62)49(72-57)46-69-58-55(65)53(63)51(61)48(43-59)71-58/h5,7,11,13,17,19-20,22-23,25-27,47-49,51-59,61-66H,3-4,6,8-10,12,14-16,18,21,24,28-46H2,1-2H3/b7-5-,13-11-,19-17-,23-22-,26-25-,27-20-. The van der Waals surface area contributed by atoms with E-state index in [4.69, 9.17) is 28.4 Å². The molecule has 0 spiro atoms. The molecule has 0 aromatic carbocycles. The van der Waals surface area contributed by atoms with Gasteiger partial charge in [-0.05, 0) is 83.5 Å². The van der Waals surface area contributed by atoms with Crippen molar-refractivity contribution in [3.63, 3.8) is 0 Å². The van der Waals surface area contributed by atoms with Crippen LogP contribution < -0.4 is 0 Å². The molecule has 0 amide bonds. The maximum absolute atomic E-state index is 13.0. The third-order valence-corrected chi connectivity index (χ3v) is 12.9. The quantitative estimate of drug-likeness (QED) is 0.0172. The molecule has 2 saturated heterocycles. The number of ether oxygens (including phenoxy) is 6. The van der Waals surface area contributed by atoms with E-state index in [-0.39, 0.29) is 19.6 Å². The van der Waals surface area contributed by atoms with Crippen molar-refractivity contribution >= 4 is 5.97 Å². The fraction of sp³-hybridized carbons (Fsp3) is 0.776. The van der Waals surface area contributed by atoms with Crippen molar-refractivity contribution in [2.45, 2.75) is 255 Å². The molecule has 2 fully saturated rings. The first-order valence-electron chi connectivity index (χ1n) is 28.0. The van der Waals surface area contributed by atoms with Gasteiger partial charge in [-0.3, -0.25) is 4.79 Å². The number of carbonyl (C=O) groups excluding carboxylic acids is 1. The van der Waals surface area contributed by atoms with Gasteiger partial charge in [0, 0.05) is 13.0 Å². The van der Waals surface area contributed by atoms with Crippen LogP contribution in [0.25, 0.3) is 0 Å². The van der Waals surface area contributed by atoms with Crippen molar-refractivity contribution in [2.75, 3.05) is 33.0 Å². The minimum atomic E-state index is -1.71. The van der Waals surface area contributed by atoms with Crippen LogP contribution in [0.15, 0.2) is 72.9 Å². The first-order chi connectivity index (χ1) is 35.1. The topological polar surface area (TPSA) is 214 Å². The van der Waals surface area contributed by atoms with Crippen LogP contribution in [0.2, 0.25) is 0 Å². The smallest absolute Gasteiger partial charge is 0.306 e. The Hall–Kier alpha value is -2.57. The molecule has 11 atom stereocenters. The highest BCUT2D eigenvalue weighted by molar-refractivity contribution is 5.69. The lowest BCUT2D eigenvalue weighted by Crippen LogP contribution is -2.61. The molecular formula is C58H100O14. The Morgan fingerprint density at radius 1 is 0.472 bits per heavy atom. The minimum absolute atomic E-state index is 0.0447. The predicted octanol–water partition coefficient (Wildman–Crippen LogP) is 9.47. The van der Waals surface area contributed by atoms with Gasteiger partial charge in [-0.2, -0.15) is 0 Å². The lowest BCUT2D eigenvalue weighted by molar-refractivity contribution is -0.332. The summed E-state index contributed by atoms with van der Waals surface area (Å²) in [6.07, 6.45) is 39.6. The summed E-state index contributed by atoms with van der Waals surface area (Å²) >= 11 is 0. The Bertz CT molecular complexity index is 1460. The van der Waals surface area contributed by atoms with Crippen molar-refractivity contribution in [1.82, 2.24) is 0 Å². The summed E-state index contributed by atoms with van der Waals surface area (Å²) in [6.45, 7) is 3.52. The van der Waals surface area contributed by atoms with Crippen molar-refractivity contribution in [3.05, 3.63) is 72.9 Å². The second-order valence-corrected chi connectivity index (χ2v) is 19.4. The van der Waals surface area contributed by atoms with Crippen molar-refractivity contribution in [3.8, 4) is 0 Å². The molecule has 0 bridgehead atoms. The van der Waals surface area contributed by atoms with Crippen LogP contribution in [0.3, 0.4) is 0 Å². The number of aliphatic hydroxyl groups is 7. The lowest BCUT2D eigenvalue weighted by atomic mass is 9.98. The monoisotopic (exact) mass is 1020 g/mol. The van der Waals surface area contributed by atoms with Crippen LogP contribution in [0.4, 0.5) is 0 Å². The van der Waals surface area contributed by atoms with Crippen LogP contribution in [0, 0.1) is 0 Å². The highest BCUT2D eigenvalue weighted by Crippen LogP contribution is 2.26. The molecule has 0 radical (unpaired) electrons. The third kappa shape index (κ3) is 31.3. The average molecular weight is 1020 g/mol. The highest BCUT2D eigenvalue weighted by atomic mass is 16.7. The van der Waals surface area contributed by atoms with E-state index in [1.54, 1.807) is 0 Å². The third-order valence-electron chi connectivity index (χ3n) is 12.9. The summed E-state index contributed by atoms with van der Waals surface area (Å²) in [5, 5.41) is 72.3. The zero-order valence-electron chi connectivity index (χ0n) is 44.4. The highest BCUT2D eigenvalue weighted by Gasteiger charge is 2.47. The molecule has 11 unspecified atom stereocenters. The second kappa shape index (κ2) is 44.7. The fourth-order valence-electron chi connectivity index (χ4n) is 8.42. The molecular weight excluding hydrogens is 921 g/mol. The number of hydrogen-bond acceptors (Lipinski definition) is 14. The number of allylic oxidation sites excluding steroid dienone is 12. The van der Waals surface area contributed by atoms with E-state index in [2.05, 4.69) is 86.8 Å². The van der Waals surface area contributed by atoms with Gasteiger partial charge >= 0.3 is 5.97 Å². The molecule has 0 aromatic rings. The van der Waals surface area contributed by atoms with E-state index in [1.807, 2.05) is 0 Å². The van der Waals surface area contributed by atoms with Crippen molar-refractivity contribution < 1.29 is 69.0 Å². The van der Waals surface area contributed by atoms with Gasteiger partial charge in [0.25, 0.3) is 0 Å². The predicted molar refractivity (Wildman–Crippen MR) is 284 cm³/mol. The van der Waals surface area contributed by atoms with Crippen LogP contribution in [-0.2, 0) is 33.2 Å². The number of aliphatic hydroxyl groups excluding tert-OH is 7. The second-order valence-electron chi connectivity index (χ2n) is 19.4. The Balaban J connectivity index is 1.74. The van der Waals surface area contributed by atoms with E-state index >= 15 is 0 Å². The fourth-order valence-corrected chi connectivity index (χ4v) is 8.42. The summed E-state index contributed by atoms with van der Waals surface area (Å²) in [7, 11) is 0. The van der Waals surface area contributed by atoms with E-state index in [9.17, 15) is 40.5 Å². The molecule has 2 aliphatic heterocycles. The van der Waals surface area contributed by atoms with Crippen molar-refractivity contribution in [2.24, 2.45) is 0 Å². The average Bonchev–Trinajstić information content (AvgIpc) is 3.38. The largest absolute Gasteiger partial charge is 0.457 e. The van der Waals surface area contributed by atoms with E-state index in [0.717, 1.165) is 109 Å². The number of unbranched alkanes of at least 4 members (excludes halogenated alkanes) is 18. The molecule has 72 heavy (non-hydrogen) atoms. The number of carbonyl (C=O) groups is 1. The molecule has 0 aliphatic carbocycles. The van der Waals surface area contributed by atoms with Crippen LogP contribution in [0.1, 0.15) is 187 Å². The molecule has 0 aromatic heterocycles. The van der Waals surface area contributed by atoms with E-state index in [1.165, 1.54) is 51.4 Å². The van der Waals surface area contributed by atoms with Gasteiger partial charge in [-0.25, -0.2) is 0 Å². The summed E-state index contributed by atoms with van der Waals surface area (Å²) < 4.78 is 34.3. The first kappa shape index (κ1) is 65.5. The molecule has 0 saturated carbocycles. The maximum atomic E-state index is 13.0. The molecule has 2 aliphatic rings. The Morgan fingerprint density at radius 3 is 1.43 bits per heavy atom. The number of hydrogen-bond donors (Lipinski definition) is 7. The zero-order chi connectivity index (χ0) is 52.3. The van der Waals surface area contributed by atoms with Gasteiger partial charge < -0.3 is 64.2 Å². The number of rotatable bonds is 44. The van der Waals surface area contributed by atoms with Gasteiger partial charge in [0.1, 0.15) is 54.9 Å². The lowest BCUT2D eigenvalue weighted by Gasteiger charge is -2.42. The Kier molecular flexibility index (Phi) is 40.7. The van der Waals surface area contributed by atoms with Crippen LogP contribution >= 0.6 is 0 Å². The van der Waals surface area contributed by atoms with Gasteiger partial charge in [-0.1, -0.05) is 170 Å². The molecule has 2 rings (SSSR count). The molecule has 7 N–H and O–H groups in total. The Morgan fingerprint density at radius 2 is 0.903 bits per heavy atom.